The topological polar surface area (TPSA) is 38.7 Å². The summed E-state index contributed by atoms with van der Waals surface area (Å²) in [6.45, 7) is 0. The molecule has 0 spiro atoms. The fourth-order valence-electron chi connectivity index (χ4n) is 0.902. The molecule has 0 fully saturated rings. The maximum Gasteiger partial charge on any atom is 0.443 e. The zero-order valence-corrected chi connectivity index (χ0v) is 10.6. The number of halogens is 5. The van der Waals surface area contributed by atoms with E-state index in [4.69, 9.17) is 0 Å². The molecule has 0 aliphatic heterocycles. The van der Waals surface area contributed by atoms with Crippen LogP contribution in [0.15, 0.2) is 9.21 Å². The maximum absolute atomic E-state index is 12.4. The Bertz CT molecular complexity index is 485. The SMILES string of the molecule is FC(F)(F)c1nc2c(Br)nnc(Br)c2s1. The first kappa shape index (κ1) is 11.2. The Balaban J connectivity index is 2.76. The van der Waals surface area contributed by atoms with Gasteiger partial charge < -0.3 is 0 Å². The quantitative estimate of drug-likeness (QED) is 0.718. The molecule has 3 nitrogen and oxygen atoms in total. The lowest BCUT2D eigenvalue weighted by atomic mass is 10.5. The molecule has 80 valence electrons. The standard InChI is InChI=1S/C6Br2F3N3S/c7-3-1-2(4(8)14-13-3)15-5(12-1)6(9,10)11. The smallest absolute Gasteiger partial charge is 0.229 e. The highest BCUT2D eigenvalue weighted by atomic mass is 79.9. The number of hydrogen-bond donors (Lipinski definition) is 0. The van der Waals surface area contributed by atoms with Gasteiger partial charge in [0.2, 0.25) is 0 Å². The average molecular weight is 363 g/mol. The Labute approximate surface area is 102 Å². The molecular weight excluding hydrogens is 363 g/mol. The van der Waals surface area contributed by atoms with Gasteiger partial charge >= 0.3 is 6.18 Å². The minimum Gasteiger partial charge on any atom is -0.229 e. The van der Waals surface area contributed by atoms with Crippen LogP contribution in [-0.4, -0.2) is 15.2 Å². The number of fused-ring (bicyclic) bond motifs is 1. The van der Waals surface area contributed by atoms with E-state index in [1.54, 1.807) is 0 Å². The molecule has 0 aliphatic carbocycles. The molecule has 0 N–H and O–H groups in total. The van der Waals surface area contributed by atoms with Crippen LogP contribution in [0.1, 0.15) is 5.01 Å². The Morgan fingerprint density at radius 2 is 1.67 bits per heavy atom. The van der Waals surface area contributed by atoms with Crippen molar-refractivity contribution in [1.82, 2.24) is 15.2 Å². The lowest BCUT2D eigenvalue weighted by molar-refractivity contribution is -0.137. The lowest BCUT2D eigenvalue weighted by Crippen LogP contribution is -2.03. The molecule has 0 radical (unpaired) electrons. The van der Waals surface area contributed by atoms with Crippen molar-refractivity contribution < 1.29 is 13.2 Å². The summed E-state index contributed by atoms with van der Waals surface area (Å²) in [6, 6.07) is 0. The van der Waals surface area contributed by atoms with Crippen molar-refractivity contribution in [2.24, 2.45) is 0 Å². The molecule has 0 saturated heterocycles. The minimum atomic E-state index is -4.44. The molecule has 0 amide bonds. The number of rotatable bonds is 0. The molecule has 2 aromatic heterocycles. The van der Waals surface area contributed by atoms with Crippen molar-refractivity contribution in [1.29, 1.82) is 0 Å². The fourth-order valence-corrected chi connectivity index (χ4v) is 2.72. The number of hydrogen-bond acceptors (Lipinski definition) is 4. The van der Waals surface area contributed by atoms with Crippen LogP contribution < -0.4 is 0 Å². The molecule has 0 aliphatic rings. The van der Waals surface area contributed by atoms with Crippen LogP contribution in [0.2, 0.25) is 0 Å². The minimum absolute atomic E-state index is 0.161. The van der Waals surface area contributed by atoms with Gasteiger partial charge in [-0.25, -0.2) is 4.98 Å². The first-order chi connectivity index (χ1) is 6.89. The van der Waals surface area contributed by atoms with E-state index in [2.05, 4.69) is 47.0 Å². The fraction of sp³-hybridized carbons (Fsp3) is 0.167. The monoisotopic (exact) mass is 361 g/mol. The Hall–Kier alpha value is -0.280. The van der Waals surface area contributed by atoms with Crippen molar-refractivity contribution in [2.45, 2.75) is 6.18 Å². The number of aromatic nitrogens is 3. The van der Waals surface area contributed by atoms with Gasteiger partial charge in [-0.2, -0.15) is 13.2 Å². The lowest BCUT2D eigenvalue weighted by Gasteiger charge is -1.98. The highest BCUT2D eigenvalue weighted by Gasteiger charge is 2.35. The summed E-state index contributed by atoms with van der Waals surface area (Å²) in [6.07, 6.45) is -4.44. The van der Waals surface area contributed by atoms with E-state index in [-0.39, 0.29) is 14.7 Å². The molecule has 15 heavy (non-hydrogen) atoms. The van der Waals surface area contributed by atoms with Gasteiger partial charge in [0.25, 0.3) is 0 Å². The Morgan fingerprint density at radius 3 is 2.20 bits per heavy atom. The molecule has 2 heterocycles. The van der Waals surface area contributed by atoms with Crippen LogP contribution >= 0.6 is 43.2 Å². The molecule has 9 heteroatoms. The summed E-state index contributed by atoms with van der Waals surface area (Å²) in [7, 11) is 0. The first-order valence-electron chi connectivity index (χ1n) is 3.45. The summed E-state index contributed by atoms with van der Waals surface area (Å²) in [5.41, 5.74) is 0.161. The van der Waals surface area contributed by atoms with Crippen molar-refractivity contribution in [3.8, 4) is 0 Å². The zero-order valence-electron chi connectivity index (χ0n) is 6.64. The first-order valence-corrected chi connectivity index (χ1v) is 5.85. The Morgan fingerprint density at radius 1 is 1.07 bits per heavy atom. The van der Waals surface area contributed by atoms with Gasteiger partial charge in [-0.15, -0.1) is 21.5 Å². The van der Waals surface area contributed by atoms with Gasteiger partial charge in [-0.05, 0) is 31.9 Å². The van der Waals surface area contributed by atoms with Crippen molar-refractivity contribution in [3.05, 3.63) is 14.2 Å². The zero-order chi connectivity index (χ0) is 11.2. The van der Waals surface area contributed by atoms with E-state index >= 15 is 0 Å². The molecule has 0 aromatic carbocycles. The third-order valence-electron chi connectivity index (χ3n) is 1.48. The van der Waals surface area contributed by atoms with E-state index in [1.165, 1.54) is 0 Å². The van der Waals surface area contributed by atoms with Crippen LogP contribution in [0.4, 0.5) is 13.2 Å². The van der Waals surface area contributed by atoms with Crippen LogP contribution in [0.25, 0.3) is 10.2 Å². The number of alkyl halides is 3. The molecule has 0 unspecified atom stereocenters. The van der Waals surface area contributed by atoms with Crippen LogP contribution in [0.3, 0.4) is 0 Å². The predicted molar refractivity (Wildman–Crippen MR) is 55.6 cm³/mol. The van der Waals surface area contributed by atoms with E-state index in [1.807, 2.05) is 0 Å². The van der Waals surface area contributed by atoms with Crippen molar-refractivity contribution >= 4 is 53.4 Å². The van der Waals surface area contributed by atoms with E-state index in [0.29, 0.717) is 16.0 Å². The predicted octanol–water partition coefficient (Wildman–Crippen LogP) is 3.63. The van der Waals surface area contributed by atoms with Gasteiger partial charge in [0.15, 0.2) is 9.61 Å². The molecule has 2 rings (SSSR count). The van der Waals surface area contributed by atoms with Gasteiger partial charge in [-0.1, -0.05) is 0 Å². The normalized spacial score (nSPS) is 12.3. The summed E-state index contributed by atoms with van der Waals surface area (Å²) in [5, 5.41) is 6.32. The van der Waals surface area contributed by atoms with E-state index in [9.17, 15) is 13.2 Å². The second-order valence-electron chi connectivity index (χ2n) is 2.48. The van der Waals surface area contributed by atoms with Crippen molar-refractivity contribution in [2.75, 3.05) is 0 Å². The molecule has 0 saturated carbocycles. The molecular formula is C6Br2F3N3S. The highest BCUT2D eigenvalue weighted by Crippen LogP contribution is 2.38. The summed E-state index contributed by atoms with van der Waals surface area (Å²) in [5.74, 6) is 0. The van der Waals surface area contributed by atoms with E-state index < -0.39 is 11.2 Å². The van der Waals surface area contributed by atoms with Gasteiger partial charge in [-0.3, -0.25) is 0 Å². The van der Waals surface area contributed by atoms with E-state index in [0.717, 1.165) is 0 Å². The summed E-state index contributed by atoms with van der Waals surface area (Å²) in [4.78, 5) is 3.46. The molecule has 2 aromatic rings. The third-order valence-corrected chi connectivity index (χ3v) is 3.94. The third kappa shape index (κ3) is 2.00. The second kappa shape index (κ2) is 3.63. The molecule has 0 atom stereocenters. The van der Waals surface area contributed by atoms with Gasteiger partial charge in [0, 0.05) is 0 Å². The second-order valence-corrected chi connectivity index (χ2v) is 4.98. The molecule has 0 bridgehead atoms. The van der Waals surface area contributed by atoms with Gasteiger partial charge in [0.1, 0.15) is 10.1 Å². The van der Waals surface area contributed by atoms with Gasteiger partial charge in [0.05, 0.1) is 4.70 Å². The van der Waals surface area contributed by atoms with Crippen LogP contribution in [0.5, 0.6) is 0 Å². The summed E-state index contributed by atoms with van der Waals surface area (Å²) < 4.78 is 37.9. The number of thiazole rings is 1. The number of nitrogens with zero attached hydrogens (tertiary/aromatic N) is 3. The van der Waals surface area contributed by atoms with Crippen molar-refractivity contribution in [3.63, 3.8) is 0 Å². The Kier molecular flexibility index (Phi) is 2.72. The van der Waals surface area contributed by atoms with Crippen LogP contribution in [-0.2, 0) is 6.18 Å². The average Bonchev–Trinajstić information content (AvgIpc) is 2.56. The highest BCUT2D eigenvalue weighted by molar-refractivity contribution is 9.11. The van der Waals surface area contributed by atoms with Crippen LogP contribution in [0, 0.1) is 0 Å². The maximum atomic E-state index is 12.4. The summed E-state index contributed by atoms with van der Waals surface area (Å²) >= 11 is 6.54. The largest absolute Gasteiger partial charge is 0.443 e.